The first kappa shape index (κ1) is 8.24. The maximum Gasteiger partial charge on any atom is 0.0959 e. The molecular weight excluding hydrogens is 166 g/mol. The molecule has 66 valence electrons. The van der Waals surface area contributed by atoms with E-state index in [0.29, 0.717) is 0 Å². The van der Waals surface area contributed by atoms with Gasteiger partial charge in [0.2, 0.25) is 0 Å². The minimum absolute atomic E-state index is 0.820. The average molecular weight is 181 g/mol. The molecule has 0 aliphatic heterocycles. The highest BCUT2D eigenvalue weighted by Crippen LogP contribution is 2.37. The molecule has 0 amide bonds. The second-order valence-electron chi connectivity index (χ2n) is 3.55. The Morgan fingerprint density at radius 3 is 3.00 bits per heavy atom. The van der Waals surface area contributed by atoms with Gasteiger partial charge in [-0.25, -0.2) is 4.98 Å². The van der Waals surface area contributed by atoms with Gasteiger partial charge in [-0.1, -0.05) is 19.8 Å². The molecule has 1 aliphatic rings. The molecule has 0 spiro atoms. The van der Waals surface area contributed by atoms with Gasteiger partial charge in [0.25, 0.3) is 0 Å². The van der Waals surface area contributed by atoms with Crippen molar-refractivity contribution in [2.75, 3.05) is 0 Å². The van der Waals surface area contributed by atoms with Gasteiger partial charge in [-0.2, -0.15) is 0 Å². The van der Waals surface area contributed by atoms with Crippen LogP contribution in [0.5, 0.6) is 0 Å². The Morgan fingerprint density at radius 2 is 2.42 bits per heavy atom. The zero-order valence-electron chi connectivity index (χ0n) is 7.55. The van der Waals surface area contributed by atoms with Gasteiger partial charge in [0.1, 0.15) is 0 Å². The van der Waals surface area contributed by atoms with Crippen LogP contribution in [0.4, 0.5) is 0 Å². The summed E-state index contributed by atoms with van der Waals surface area (Å²) in [5.41, 5.74) is 1.31. The first-order chi connectivity index (χ1) is 5.90. The van der Waals surface area contributed by atoms with Crippen molar-refractivity contribution < 1.29 is 0 Å². The second kappa shape index (κ2) is 3.56. The minimum atomic E-state index is 0.820. The maximum atomic E-state index is 4.64. The van der Waals surface area contributed by atoms with E-state index in [2.05, 4.69) is 17.3 Å². The maximum absolute atomic E-state index is 4.64. The van der Waals surface area contributed by atoms with E-state index in [-0.39, 0.29) is 0 Å². The predicted molar refractivity (Wildman–Crippen MR) is 52.7 cm³/mol. The molecule has 0 N–H and O–H groups in total. The number of rotatable bonds is 3. The lowest BCUT2D eigenvalue weighted by Gasteiger charge is -2.22. The molecule has 0 unspecified atom stereocenters. The molecule has 1 fully saturated rings. The van der Waals surface area contributed by atoms with Crippen LogP contribution in [0.15, 0.2) is 5.38 Å². The lowest BCUT2D eigenvalue weighted by atomic mass is 9.86. The lowest BCUT2D eigenvalue weighted by molar-refractivity contribution is 0.417. The van der Waals surface area contributed by atoms with Crippen molar-refractivity contribution in [1.82, 2.24) is 4.98 Å². The molecule has 0 saturated heterocycles. The molecule has 2 heteroatoms. The van der Waals surface area contributed by atoms with E-state index < -0.39 is 0 Å². The van der Waals surface area contributed by atoms with Gasteiger partial charge in [-0.3, -0.25) is 0 Å². The molecule has 1 saturated carbocycles. The SMILES string of the molecule is CCCc1csc(C2CCC2)n1. The first-order valence-electron chi connectivity index (χ1n) is 4.84. The lowest BCUT2D eigenvalue weighted by Crippen LogP contribution is -2.08. The van der Waals surface area contributed by atoms with E-state index in [9.17, 15) is 0 Å². The Morgan fingerprint density at radius 1 is 1.58 bits per heavy atom. The normalized spacial score (nSPS) is 17.8. The van der Waals surface area contributed by atoms with E-state index in [1.54, 1.807) is 0 Å². The molecule has 0 aromatic carbocycles. The number of aryl methyl sites for hydroxylation is 1. The van der Waals surface area contributed by atoms with Crippen molar-refractivity contribution in [3.05, 3.63) is 16.1 Å². The van der Waals surface area contributed by atoms with E-state index in [4.69, 9.17) is 0 Å². The Bertz CT molecular complexity index is 250. The summed E-state index contributed by atoms with van der Waals surface area (Å²) in [6, 6.07) is 0. The Labute approximate surface area is 77.8 Å². The molecule has 1 aromatic rings. The van der Waals surface area contributed by atoms with Crippen molar-refractivity contribution in [2.24, 2.45) is 0 Å². The quantitative estimate of drug-likeness (QED) is 0.696. The highest BCUT2D eigenvalue weighted by atomic mass is 32.1. The van der Waals surface area contributed by atoms with Gasteiger partial charge in [0.15, 0.2) is 0 Å². The monoisotopic (exact) mass is 181 g/mol. The van der Waals surface area contributed by atoms with Crippen LogP contribution < -0.4 is 0 Å². The number of nitrogens with zero attached hydrogens (tertiary/aromatic N) is 1. The van der Waals surface area contributed by atoms with Crippen LogP contribution in [0.25, 0.3) is 0 Å². The highest BCUT2D eigenvalue weighted by molar-refractivity contribution is 7.09. The molecule has 1 heterocycles. The van der Waals surface area contributed by atoms with Gasteiger partial charge < -0.3 is 0 Å². The fourth-order valence-corrected chi connectivity index (χ4v) is 2.56. The van der Waals surface area contributed by atoms with Crippen molar-refractivity contribution in [1.29, 1.82) is 0 Å². The van der Waals surface area contributed by atoms with E-state index in [1.807, 2.05) is 11.3 Å². The topological polar surface area (TPSA) is 12.9 Å². The number of thiazole rings is 1. The molecule has 0 bridgehead atoms. The molecule has 12 heavy (non-hydrogen) atoms. The summed E-state index contributed by atoms with van der Waals surface area (Å²) in [6.07, 6.45) is 6.53. The molecular formula is C10H15NS. The Balaban J connectivity index is 2.02. The van der Waals surface area contributed by atoms with Crippen molar-refractivity contribution in [2.45, 2.75) is 44.9 Å². The highest BCUT2D eigenvalue weighted by Gasteiger charge is 2.22. The van der Waals surface area contributed by atoms with Crippen molar-refractivity contribution in [3.63, 3.8) is 0 Å². The summed E-state index contributed by atoms with van der Waals surface area (Å²) in [7, 11) is 0. The summed E-state index contributed by atoms with van der Waals surface area (Å²) in [6.45, 7) is 2.21. The van der Waals surface area contributed by atoms with Crippen LogP contribution in [0.2, 0.25) is 0 Å². The van der Waals surface area contributed by atoms with Crippen LogP contribution in [0.1, 0.15) is 49.2 Å². The molecule has 0 radical (unpaired) electrons. The molecule has 0 atom stereocenters. The average Bonchev–Trinajstić information content (AvgIpc) is 2.34. The fraction of sp³-hybridized carbons (Fsp3) is 0.700. The first-order valence-corrected chi connectivity index (χ1v) is 5.72. The number of hydrogen-bond donors (Lipinski definition) is 0. The van der Waals surface area contributed by atoms with E-state index in [0.717, 1.165) is 12.3 Å². The minimum Gasteiger partial charge on any atom is -0.246 e. The molecule has 2 rings (SSSR count). The Kier molecular flexibility index (Phi) is 2.45. The summed E-state index contributed by atoms with van der Waals surface area (Å²) in [5, 5.41) is 3.63. The van der Waals surface area contributed by atoms with Gasteiger partial charge in [0.05, 0.1) is 10.7 Å². The van der Waals surface area contributed by atoms with Crippen LogP contribution in [-0.2, 0) is 6.42 Å². The summed E-state index contributed by atoms with van der Waals surface area (Å²) in [4.78, 5) is 4.64. The third kappa shape index (κ3) is 1.53. The zero-order valence-corrected chi connectivity index (χ0v) is 8.36. The van der Waals surface area contributed by atoms with Crippen LogP contribution in [-0.4, -0.2) is 4.98 Å². The fourth-order valence-electron chi connectivity index (χ4n) is 1.54. The summed E-state index contributed by atoms with van der Waals surface area (Å²) < 4.78 is 0. The summed E-state index contributed by atoms with van der Waals surface area (Å²) >= 11 is 1.86. The van der Waals surface area contributed by atoms with Crippen LogP contribution >= 0.6 is 11.3 Å². The van der Waals surface area contributed by atoms with Gasteiger partial charge in [-0.15, -0.1) is 11.3 Å². The van der Waals surface area contributed by atoms with E-state index >= 15 is 0 Å². The van der Waals surface area contributed by atoms with Crippen molar-refractivity contribution >= 4 is 11.3 Å². The van der Waals surface area contributed by atoms with E-state index in [1.165, 1.54) is 36.4 Å². The summed E-state index contributed by atoms with van der Waals surface area (Å²) in [5.74, 6) is 0.820. The van der Waals surface area contributed by atoms with Crippen LogP contribution in [0.3, 0.4) is 0 Å². The Hall–Kier alpha value is -0.370. The third-order valence-electron chi connectivity index (χ3n) is 2.53. The smallest absolute Gasteiger partial charge is 0.0959 e. The molecule has 1 aliphatic carbocycles. The van der Waals surface area contributed by atoms with Crippen molar-refractivity contribution in [3.8, 4) is 0 Å². The van der Waals surface area contributed by atoms with Gasteiger partial charge >= 0.3 is 0 Å². The van der Waals surface area contributed by atoms with Gasteiger partial charge in [0, 0.05) is 11.3 Å². The van der Waals surface area contributed by atoms with Crippen LogP contribution in [0, 0.1) is 0 Å². The van der Waals surface area contributed by atoms with Gasteiger partial charge in [-0.05, 0) is 19.3 Å². The number of hydrogen-bond acceptors (Lipinski definition) is 2. The third-order valence-corrected chi connectivity index (χ3v) is 3.59. The second-order valence-corrected chi connectivity index (χ2v) is 4.44. The molecule has 1 aromatic heterocycles. The molecule has 1 nitrogen and oxygen atoms in total. The predicted octanol–water partition coefficient (Wildman–Crippen LogP) is 3.36. The standard InChI is InChI=1S/C10H15NS/c1-2-4-9-7-12-10(11-9)8-5-3-6-8/h7-8H,2-6H2,1H3. The zero-order chi connectivity index (χ0) is 8.39. The number of aromatic nitrogens is 1. The largest absolute Gasteiger partial charge is 0.246 e.